The molecule has 0 bridgehead atoms. The molecule has 3 aromatic carbocycles. The van der Waals surface area contributed by atoms with Crippen LogP contribution >= 0.6 is 50.3 Å². The molecule has 4 rings (SSSR count). The van der Waals surface area contributed by atoms with Gasteiger partial charge in [0.05, 0.1) is 22.1 Å². The number of methoxy groups -OCH3 is 1. The van der Waals surface area contributed by atoms with Crippen molar-refractivity contribution in [3.05, 3.63) is 95.9 Å². The SMILES string of the molecule is COc1cc(/C=C2\SC(=O)N(Cc3ccccc3Br)C2=O)cc(I)c1OCc1ccccc1C. The Hall–Kier alpha value is -2.30. The molecule has 1 aliphatic heterocycles. The molecule has 34 heavy (non-hydrogen) atoms. The minimum absolute atomic E-state index is 0.218. The average Bonchev–Trinajstić information content (AvgIpc) is 3.07. The minimum atomic E-state index is -0.306. The molecule has 0 atom stereocenters. The van der Waals surface area contributed by atoms with Crippen molar-refractivity contribution in [3.63, 3.8) is 0 Å². The van der Waals surface area contributed by atoms with E-state index >= 15 is 0 Å². The first kappa shape index (κ1) is 24.8. The van der Waals surface area contributed by atoms with Crippen LogP contribution in [0.15, 0.2) is 70.0 Å². The second-order valence-corrected chi connectivity index (χ2v) is 10.6. The third-order valence-corrected chi connectivity index (χ3v) is 7.82. The highest BCUT2D eigenvalue weighted by Crippen LogP contribution is 2.38. The van der Waals surface area contributed by atoms with Gasteiger partial charge in [-0.05, 0) is 87.8 Å². The maximum atomic E-state index is 13.0. The number of carbonyl (C=O) groups is 2. The molecule has 0 saturated carbocycles. The fourth-order valence-electron chi connectivity index (χ4n) is 3.47. The van der Waals surface area contributed by atoms with Crippen LogP contribution in [0.2, 0.25) is 0 Å². The lowest BCUT2D eigenvalue weighted by Crippen LogP contribution is -2.27. The molecule has 5 nitrogen and oxygen atoms in total. The maximum absolute atomic E-state index is 13.0. The van der Waals surface area contributed by atoms with Crippen molar-refractivity contribution >= 4 is 67.5 Å². The number of halogens is 2. The minimum Gasteiger partial charge on any atom is -0.493 e. The molecular formula is C26H21BrINO4S. The smallest absolute Gasteiger partial charge is 0.293 e. The summed E-state index contributed by atoms with van der Waals surface area (Å²) in [5.41, 5.74) is 3.89. The van der Waals surface area contributed by atoms with Gasteiger partial charge in [-0.2, -0.15) is 0 Å². The first-order valence-electron chi connectivity index (χ1n) is 10.4. The van der Waals surface area contributed by atoms with Crippen molar-refractivity contribution in [3.8, 4) is 11.5 Å². The van der Waals surface area contributed by atoms with Crippen molar-refractivity contribution < 1.29 is 19.1 Å². The topological polar surface area (TPSA) is 55.8 Å². The highest BCUT2D eigenvalue weighted by atomic mass is 127. The zero-order chi connectivity index (χ0) is 24.2. The summed E-state index contributed by atoms with van der Waals surface area (Å²) in [6, 6.07) is 19.4. The van der Waals surface area contributed by atoms with Crippen molar-refractivity contribution in [1.82, 2.24) is 4.90 Å². The summed E-state index contributed by atoms with van der Waals surface area (Å²) in [4.78, 5) is 27.2. The van der Waals surface area contributed by atoms with Crippen LogP contribution in [0.25, 0.3) is 6.08 Å². The molecule has 0 unspecified atom stereocenters. The van der Waals surface area contributed by atoms with Gasteiger partial charge in [0.2, 0.25) is 0 Å². The number of aryl methyl sites for hydroxylation is 1. The molecule has 1 saturated heterocycles. The summed E-state index contributed by atoms with van der Waals surface area (Å²) >= 11 is 6.62. The summed E-state index contributed by atoms with van der Waals surface area (Å²) in [5.74, 6) is 0.907. The molecule has 1 heterocycles. The second-order valence-electron chi connectivity index (χ2n) is 7.61. The van der Waals surface area contributed by atoms with E-state index in [1.54, 1.807) is 13.2 Å². The van der Waals surface area contributed by atoms with Gasteiger partial charge in [-0.1, -0.05) is 58.4 Å². The molecule has 0 spiro atoms. The summed E-state index contributed by atoms with van der Waals surface area (Å²) in [6.07, 6.45) is 1.72. The van der Waals surface area contributed by atoms with Gasteiger partial charge in [-0.3, -0.25) is 14.5 Å². The van der Waals surface area contributed by atoms with Gasteiger partial charge in [0.15, 0.2) is 11.5 Å². The Morgan fingerprint density at radius 2 is 1.76 bits per heavy atom. The summed E-state index contributed by atoms with van der Waals surface area (Å²) in [7, 11) is 1.58. The van der Waals surface area contributed by atoms with E-state index in [9.17, 15) is 9.59 Å². The third kappa shape index (κ3) is 5.50. The molecule has 0 aliphatic carbocycles. The number of ether oxygens (including phenoxy) is 2. The lowest BCUT2D eigenvalue weighted by molar-refractivity contribution is -0.123. The average molecular weight is 650 g/mol. The van der Waals surface area contributed by atoms with Gasteiger partial charge in [0.25, 0.3) is 11.1 Å². The number of hydrogen-bond acceptors (Lipinski definition) is 5. The van der Waals surface area contributed by atoms with Gasteiger partial charge >= 0.3 is 0 Å². The Morgan fingerprint density at radius 1 is 1.06 bits per heavy atom. The summed E-state index contributed by atoms with van der Waals surface area (Å²) in [5, 5.41) is -0.285. The van der Waals surface area contributed by atoms with E-state index in [1.165, 1.54) is 4.90 Å². The molecule has 174 valence electrons. The van der Waals surface area contributed by atoms with Crippen LogP contribution in [0.5, 0.6) is 11.5 Å². The van der Waals surface area contributed by atoms with Crippen LogP contribution in [0.1, 0.15) is 22.3 Å². The molecule has 8 heteroatoms. The molecule has 0 radical (unpaired) electrons. The zero-order valence-electron chi connectivity index (χ0n) is 18.5. The highest BCUT2D eigenvalue weighted by Gasteiger charge is 2.35. The Balaban J connectivity index is 1.55. The largest absolute Gasteiger partial charge is 0.493 e. The molecule has 0 N–H and O–H groups in total. The van der Waals surface area contributed by atoms with E-state index < -0.39 is 0 Å². The van der Waals surface area contributed by atoms with E-state index in [0.717, 1.165) is 42.1 Å². The van der Waals surface area contributed by atoms with E-state index in [-0.39, 0.29) is 17.7 Å². The zero-order valence-corrected chi connectivity index (χ0v) is 23.1. The summed E-state index contributed by atoms with van der Waals surface area (Å²) < 4.78 is 13.4. The Morgan fingerprint density at radius 3 is 2.47 bits per heavy atom. The van der Waals surface area contributed by atoms with Crippen molar-refractivity contribution in [2.45, 2.75) is 20.1 Å². The quantitative estimate of drug-likeness (QED) is 0.200. The van der Waals surface area contributed by atoms with Crippen molar-refractivity contribution in [1.29, 1.82) is 0 Å². The van der Waals surface area contributed by atoms with Gasteiger partial charge < -0.3 is 9.47 Å². The molecule has 3 aromatic rings. The van der Waals surface area contributed by atoms with E-state index in [4.69, 9.17) is 9.47 Å². The molecule has 1 aliphatic rings. The van der Waals surface area contributed by atoms with Crippen LogP contribution < -0.4 is 9.47 Å². The highest BCUT2D eigenvalue weighted by molar-refractivity contribution is 14.1. The second kappa shape index (κ2) is 11.0. The molecule has 2 amide bonds. The molecule has 1 fully saturated rings. The van der Waals surface area contributed by atoms with E-state index in [2.05, 4.69) is 38.5 Å². The number of thioether (sulfide) groups is 1. The number of imide groups is 1. The van der Waals surface area contributed by atoms with E-state index in [1.807, 2.05) is 67.6 Å². The number of nitrogens with zero attached hydrogens (tertiary/aromatic N) is 1. The van der Waals surface area contributed by atoms with Gasteiger partial charge in [-0.25, -0.2) is 0 Å². The number of rotatable bonds is 7. The standard InChI is InChI=1S/C26H21BrINO4S/c1-16-7-3-4-9-19(16)15-33-24-21(28)11-17(12-22(24)32-2)13-23-25(30)29(26(31)34-23)14-18-8-5-6-10-20(18)27/h3-13H,14-15H2,1-2H3/b23-13-. The van der Waals surface area contributed by atoms with Gasteiger partial charge in [0, 0.05) is 4.47 Å². The third-order valence-electron chi connectivity index (χ3n) is 5.34. The van der Waals surface area contributed by atoms with Crippen LogP contribution in [0.3, 0.4) is 0 Å². The summed E-state index contributed by atoms with van der Waals surface area (Å²) in [6.45, 7) is 2.69. The van der Waals surface area contributed by atoms with Gasteiger partial charge in [0.1, 0.15) is 6.61 Å². The molecular weight excluding hydrogens is 629 g/mol. The van der Waals surface area contributed by atoms with Crippen LogP contribution in [-0.4, -0.2) is 23.2 Å². The Kier molecular flexibility index (Phi) is 8.00. The fraction of sp³-hybridized carbons (Fsp3) is 0.154. The van der Waals surface area contributed by atoms with Crippen molar-refractivity contribution in [2.75, 3.05) is 7.11 Å². The number of benzene rings is 3. The van der Waals surface area contributed by atoms with Crippen molar-refractivity contribution in [2.24, 2.45) is 0 Å². The predicted octanol–water partition coefficient (Wildman–Crippen LogP) is 7.19. The monoisotopic (exact) mass is 649 g/mol. The predicted molar refractivity (Wildman–Crippen MR) is 147 cm³/mol. The number of hydrogen-bond donors (Lipinski definition) is 0. The number of carbonyl (C=O) groups excluding carboxylic acids is 2. The first-order chi connectivity index (χ1) is 16.4. The normalized spacial score (nSPS) is 14.7. The molecule has 0 aromatic heterocycles. The lowest BCUT2D eigenvalue weighted by Gasteiger charge is -2.15. The Labute approximate surface area is 224 Å². The Bertz CT molecular complexity index is 1290. The first-order valence-corrected chi connectivity index (χ1v) is 13.1. The van der Waals surface area contributed by atoms with Gasteiger partial charge in [-0.15, -0.1) is 0 Å². The van der Waals surface area contributed by atoms with Crippen LogP contribution in [0.4, 0.5) is 4.79 Å². The fourth-order valence-corrected chi connectivity index (χ4v) is 5.50. The number of amides is 2. The van der Waals surface area contributed by atoms with Crippen LogP contribution in [0, 0.1) is 10.5 Å². The van der Waals surface area contributed by atoms with E-state index in [0.29, 0.717) is 23.0 Å². The maximum Gasteiger partial charge on any atom is 0.293 e. The van der Waals surface area contributed by atoms with Crippen LogP contribution in [-0.2, 0) is 17.9 Å². The lowest BCUT2D eigenvalue weighted by atomic mass is 10.1.